The second kappa shape index (κ2) is 8.17. The number of hydrogen-bond donors (Lipinski definition) is 1. The van der Waals surface area contributed by atoms with Crippen molar-refractivity contribution in [3.05, 3.63) is 28.8 Å². The smallest absolute Gasteiger partial charge is 0.305 e. The fourth-order valence-corrected chi connectivity index (χ4v) is 2.82. The Labute approximate surface area is 128 Å². The summed E-state index contributed by atoms with van der Waals surface area (Å²) in [7, 11) is 0. The number of halogens is 1. The minimum atomic E-state index is -0.907. The number of carbonyl (C=O) groups is 2. The highest BCUT2D eigenvalue weighted by Gasteiger charge is 2.18. The molecule has 1 amide bonds. The summed E-state index contributed by atoms with van der Waals surface area (Å²) in [5, 5.41) is 9.31. The van der Waals surface area contributed by atoms with Gasteiger partial charge in [0.05, 0.1) is 12.0 Å². The van der Waals surface area contributed by atoms with Crippen molar-refractivity contribution in [2.75, 3.05) is 18.8 Å². The van der Waals surface area contributed by atoms with Crippen LogP contribution in [0, 0.1) is 0 Å². The molecule has 0 spiro atoms. The summed E-state index contributed by atoms with van der Waals surface area (Å²) in [5.74, 6) is -0.223. The molecule has 0 saturated heterocycles. The van der Waals surface area contributed by atoms with Gasteiger partial charge in [0.1, 0.15) is 0 Å². The Bertz CT molecular complexity index is 493. The van der Waals surface area contributed by atoms with Crippen LogP contribution in [0.1, 0.15) is 30.6 Å². The average Bonchev–Trinajstić information content (AvgIpc) is 2.39. The maximum atomic E-state index is 12.5. The molecule has 20 heavy (non-hydrogen) atoms. The standard InChI is InChI=1S/C14H18ClNO3S/c1-3-16(8-7-13(17)18)14(19)11-6-5-10(15)9-12(11)20-4-2/h5-6,9H,3-4,7-8H2,1-2H3,(H,17,18). The van der Waals surface area contributed by atoms with Crippen molar-refractivity contribution in [3.8, 4) is 0 Å². The molecule has 0 fully saturated rings. The predicted molar refractivity (Wildman–Crippen MR) is 81.7 cm³/mol. The summed E-state index contributed by atoms with van der Waals surface area (Å²) in [6.07, 6.45) is -0.0522. The maximum absolute atomic E-state index is 12.5. The van der Waals surface area contributed by atoms with Crippen molar-refractivity contribution < 1.29 is 14.7 Å². The summed E-state index contributed by atoms with van der Waals surface area (Å²) in [6, 6.07) is 5.15. The maximum Gasteiger partial charge on any atom is 0.305 e. The van der Waals surface area contributed by atoms with Crippen LogP contribution >= 0.6 is 23.4 Å². The van der Waals surface area contributed by atoms with Crippen LogP contribution in [0.15, 0.2) is 23.1 Å². The summed E-state index contributed by atoms with van der Waals surface area (Å²) in [5.41, 5.74) is 0.577. The average molecular weight is 316 g/mol. The molecule has 0 atom stereocenters. The number of aliphatic carboxylic acids is 1. The third kappa shape index (κ3) is 4.72. The zero-order valence-electron chi connectivity index (χ0n) is 11.6. The van der Waals surface area contributed by atoms with Gasteiger partial charge in [0.2, 0.25) is 0 Å². The Hall–Kier alpha value is -1.20. The minimum Gasteiger partial charge on any atom is -0.481 e. The van der Waals surface area contributed by atoms with Gasteiger partial charge < -0.3 is 10.0 Å². The second-order valence-electron chi connectivity index (χ2n) is 4.10. The van der Waals surface area contributed by atoms with Crippen LogP contribution < -0.4 is 0 Å². The molecule has 6 heteroatoms. The molecule has 0 unspecified atom stereocenters. The molecule has 0 aliphatic carbocycles. The van der Waals surface area contributed by atoms with Crippen molar-refractivity contribution in [1.29, 1.82) is 0 Å². The van der Waals surface area contributed by atoms with Crippen LogP contribution in [0.4, 0.5) is 0 Å². The topological polar surface area (TPSA) is 57.6 Å². The highest BCUT2D eigenvalue weighted by molar-refractivity contribution is 7.99. The molecule has 0 aromatic heterocycles. The second-order valence-corrected chi connectivity index (χ2v) is 5.84. The fraction of sp³-hybridized carbons (Fsp3) is 0.429. The van der Waals surface area contributed by atoms with E-state index in [0.717, 1.165) is 10.6 Å². The number of rotatable bonds is 7. The van der Waals surface area contributed by atoms with E-state index in [1.807, 2.05) is 13.8 Å². The van der Waals surface area contributed by atoms with E-state index in [4.69, 9.17) is 16.7 Å². The van der Waals surface area contributed by atoms with Crippen molar-refractivity contribution in [2.24, 2.45) is 0 Å². The van der Waals surface area contributed by atoms with Crippen LogP contribution in [-0.4, -0.2) is 40.7 Å². The lowest BCUT2D eigenvalue weighted by molar-refractivity contribution is -0.137. The first-order valence-corrected chi connectivity index (χ1v) is 7.79. The molecule has 0 bridgehead atoms. The number of amides is 1. The number of carbonyl (C=O) groups excluding carboxylic acids is 1. The molecule has 1 rings (SSSR count). The molecular weight excluding hydrogens is 298 g/mol. The van der Waals surface area contributed by atoms with Gasteiger partial charge in [0.15, 0.2) is 0 Å². The van der Waals surface area contributed by atoms with Crippen LogP contribution in [0.5, 0.6) is 0 Å². The lowest BCUT2D eigenvalue weighted by Crippen LogP contribution is -2.33. The van der Waals surface area contributed by atoms with Crippen LogP contribution in [0.3, 0.4) is 0 Å². The van der Waals surface area contributed by atoms with Crippen LogP contribution in [-0.2, 0) is 4.79 Å². The lowest BCUT2D eigenvalue weighted by atomic mass is 10.2. The van der Waals surface area contributed by atoms with E-state index in [1.54, 1.807) is 30.0 Å². The molecule has 1 aromatic rings. The molecule has 0 aliphatic rings. The van der Waals surface area contributed by atoms with E-state index in [1.165, 1.54) is 4.90 Å². The van der Waals surface area contributed by atoms with Gasteiger partial charge in [0, 0.05) is 23.0 Å². The number of carboxylic acid groups (broad SMARTS) is 1. The minimum absolute atomic E-state index is 0.0522. The van der Waals surface area contributed by atoms with E-state index in [2.05, 4.69) is 0 Å². The summed E-state index contributed by atoms with van der Waals surface area (Å²) >= 11 is 7.51. The number of benzene rings is 1. The highest BCUT2D eigenvalue weighted by Crippen LogP contribution is 2.27. The normalized spacial score (nSPS) is 10.3. The molecule has 0 aliphatic heterocycles. The number of carboxylic acids is 1. The Morgan fingerprint density at radius 2 is 2.05 bits per heavy atom. The lowest BCUT2D eigenvalue weighted by Gasteiger charge is -2.21. The zero-order valence-corrected chi connectivity index (χ0v) is 13.1. The van der Waals surface area contributed by atoms with Gasteiger partial charge in [-0.15, -0.1) is 11.8 Å². The van der Waals surface area contributed by atoms with E-state index >= 15 is 0 Å². The third-order valence-corrected chi connectivity index (χ3v) is 3.91. The van der Waals surface area contributed by atoms with Crippen molar-refractivity contribution in [1.82, 2.24) is 4.90 Å². The molecule has 0 heterocycles. The summed E-state index contributed by atoms with van der Waals surface area (Å²) in [4.78, 5) is 25.5. The quantitative estimate of drug-likeness (QED) is 0.784. The van der Waals surface area contributed by atoms with Gasteiger partial charge in [-0.05, 0) is 30.9 Å². The molecule has 1 aromatic carbocycles. The van der Waals surface area contributed by atoms with E-state index in [-0.39, 0.29) is 18.9 Å². The van der Waals surface area contributed by atoms with Crippen molar-refractivity contribution in [2.45, 2.75) is 25.2 Å². The molecule has 0 saturated carbocycles. The fourth-order valence-electron chi connectivity index (χ4n) is 1.75. The first-order chi connectivity index (χ1) is 9.49. The van der Waals surface area contributed by atoms with Crippen LogP contribution in [0.25, 0.3) is 0 Å². The van der Waals surface area contributed by atoms with Crippen LogP contribution in [0.2, 0.25) is 5.02 Å². The number of nitrogens with zero attached hydrogens (tertiary/aromatic N) is 1. The van der Waals surface area contributed by atoms with Crippen molar-refractivity contribution >= 4 is 35.2 Å². The molecule has 110 valence electrons. The molecule has 1 N–H and O–H groups in total. The van der Waals surface area contributed by atoms with Gasteiger partial charge in [-0.2, -0.15) is 0 Å². The Balaban J connectivity index is 2.96. The summed E-state index contributed by atoms with van der Waals surface area (Å²) < 4.78 is 0. The van der Waals surface area contributed by atoms with E-state index < -0.39 is 5.97 Å². The number of hydrogen-bond acceptors (Lipinski definition) is 3. The van der Waals surface area contributed by atoms with Gasteiger partial charge in [-0.25, -0.2) is 0 Å². The monoisotopic (exact) mass is 315 g/mol. The number of thioether (sulfide) groups is 1. The van der Waals surface area contributed by atoms with Gasteiger partial charge in [0.25, 0.3) is 5.91 Å². The summed E-state index contributed by atoms with van der Waals surface area (Å²) in [6.45, 7) is 4.53. The van der Waals surface area contributed by atoms with Gasteiger partial charge in [-0.1, -0.05) is 18.5 Å². The first kappa shape index (κ1) is 16.9. The zero-order chi connectivity index (χ0) is 15.1. The Kier molecular flexibility index (Phi) is 6.88. The molecule has 4 nitrogen and oxygen atoms in total. The predicted octanol–water partition coefficient (Wildman–Crippen LogP) is 3.39. The van der Waals surface area contributed by atoms with Gasteiger partial charge in [-0.3, -0.25) is 9.59 Å². The Morgan fingerprint density at radius 1 is 1.35 bits per heavy atom. The highest BCUT2D eigenvalue weighted by atomic mass is 35.5. The first-order valence-electron chi connectivity index (χ1n) is 6.43. The van der Waals surface area contributed by atoms with Gasteiger partial charge >= 0.3 is 5.97 Å². The molecular formula is C14H18ClNO3S. The third-order valence-electron chi connectivity index (χ3n) is 2.74. The largest absolute Gasteiger partial charge is 0.481 e. The SMILES string of the molecule is CCSc1cc(Cl)ccc1C(=O)N(CC)CCC(=O)O. The molecule has 0 radical (unpaired) electrons. The van der Waals surface area contributed by atoms with E-state index in [0.29, 0.717) is 17.1 Å². The van der Waals surface area contributed by atoms with E-state index in [9.17, 15) is 9.59 Å². The van der Waals surface area contributed by atoms with Crippen molar-refractivity contribution in [3.63, 3.8) is 0 Å². The Morgan fingerprint density at radius 3 is 2.60 bits per heavy atom.